The zero-order valence-electron chi connectivity index (χ0n) is 9.79. The number of hydrogen-bond acceptors (Lipinski definition) is 5. The first-order valence-corrected chi connectivity index (χ1v) is 6.21. The van der Waals surface area contributed by atoms with Crippen molar-refractivity contribution in [3.05, 3.63) is 41.5 Å². The number of carbonyl (C=O) groups is 1. The summed E-state index contributed by atoms with van der Waals surface area (Å²) in [7, 11) is 0. The summed E-state index contributed by atoms with van der Waals surface area (Å²) in [5, 5.41) is 15.0. The van der Waals surface area contributed by atoms with E-state index in [9.17, 15) is 9.18 Å². The number of hydrogen-bond donors (Lipinski definition) is 1. The number of fused-ring (bicyclic) bond motifs is 1. The predicted octanol–water partition coefficient (Wildman–Crippen LogP) is 1.89. The van der Waals surface area contributed by atoms with Crippen molar-refractivity contribution in [3.8, 4) is 0 Å². The Balaban J connectivity index is 1.84. The summed E-state index contributed by atoms with van der Waals surface area (Å²) in [5.74, 6) is -0.0814. The first-order chi connectivity index (χ1) is 9.13. The van der Waals surface area contributed by atoms with E-state index >= 15 is 0 Å². The summed E-state index contributed by atoms with van der Waals surface area (Å²) in [6.45, 7) is 1.77. The van der Waals surface area contributed by atoms with E-state index in [1.807, 2.05) is 0 Å². The molecule has 0 unspecified atom stereocenters. The Morgan fingerprint density at radius 2 is 2.05 bits per heavy atom. The van der Waals surface area contributed by atoms with E-state index in [1.165, 1.54) is 35.6 Å². The predicted molar refractivity (Wildman–Crippen MR) is 67.7 cm³/mol. The molecule has 1 N–H and O–H groups in total. The third-order valence-corrected chi connectivity index (χ3v) is 3.29. The van der Waals surface area contributed by atoms with Crippen LogP contribution in [-0.4, -0.2) is 25.7 Å². The second-order valence-corrected chi connectivity index (χ2v) is 4.77. The second-order valence-electron chi connectivity index (χ2n) is 3.81. The van der Waals surface area contributed by atoms with E-state index in [2.05, 4.69) is 20.6 Å². The van der Waals surface area contributed by atoms with Crippen molar-refractivity contribution in [3.63, 3.8) is 0 Å². The molecule has 0 aliphatic heterocycles. The molecule has 0 fully saturated rings. The van der Waals surface area contributed by atoms with Crippen LogP contribution in [0.2, 0.25) is 0 Å². The average molecular weight is 277 g/mol. The van der Waals surface area contributed by atoms with Gasteiger partial charge in [0.1, 0.15) is 5.82 Å². The van der Waals surface area contributed by atoms with Gasteiger partial charge >= 0.3 is 0 Å². The van der Waals surface area contributed by atoms with Crippen molar-refractivity contribution in [2.24, 2.45) is 0 Å². The lowest BCUT2D eigenvalue weighted by atomic mass is 10.2. The van der Waals surface area contributed by atoms with Crippen LogP contribution in [0.15, 0.2) is 24.3 Å². The number of rotatable bonds is 2. The van der Waals surface area contributed by atoms with E-state index in [0.717, 1.165) is 0 Å². The molecule has 96 valence electrons. The zero-order valence-corrected chi connectivity index (χ0v) is 10.6. The van der Waals surface area contributed by atoms with Crippen LogP contribution in [-0.2, 0) is 0 Å². The van der Waals surface area contributed by atoms with E-state index in [0.29, 0.717) is 21.5 Å². The van der Waals surface area contributed by atoms with Gasteiger partial charge in [-0.1, -0.05) is 11.3 Å². The Hall–Kier alpha value is -2.35. The number of benzene rings is 1. The lowest BCUT2D eigenvalue weighted by Crippen LogP contribution is -2.11. The van der Waals surface area contributed by atoms with E-state index < -0.39 is 0 Å². The van der Waals surface area contributed by atoms with E-state index in [4.69, 9.17) is 0 Å². The van der Waals surface area contributed by atoms with Gasteiger partial charge in [-0.05, 0) is 31.2 Å². The lowest BCUT2D eigenvalue weighted by molar-refractivity contribution is 0.102. The molecule has 0 spiro atoms. The molecule has 0 radical (unpaired) electrons. The molecule has 3 aromatic rings. The Kier molecular flexibility index (Phi) is 2.71. The maximum absolute atomic E-state index is 12.8. The highest BCUT2D eigenvalue weighted by Crippen LogP contribution is 2.19. The maximum atomic E-state index is 12.8. The summed E-state index contributed by atoms with van der Waals surface area (Å²) in [6.07, 6.45) is 0. The number of nitrogens with one attached hydrogen (secondary N) is 1. The molecule has 0 aliphatic carbocycles. The molecule has 0 bridgehead atoms. The molecule has 2 aromatic heterocycles. The third-order valence-electron chi connectivity index (χ3n) is 2.47. The highest BCUT2D eigenvalue weighted by molar-refractivity contribution is 7.20. The van der Waals surface area contributed by atoms with E-state index in [-0.39, 0.29) is 11.7 Å². The Labute approximate surface area is 110 Å². The number of nitrogens with zero attached hydrogens (tertiary/aromatic N) is 4. The van der Waals surface area contributed by atoms with Crippen molar-refractivity contribution >= 4 is 27.3 Å². The third kappa shape index (κ3) is 2.17. The molecule has 0 atom stereocenters. The molecule has 19 heavy (non-hydrogen) atoms. The fourth-order valence-corrected chi connectivity index (χ4v) is 2.32. The highest BCUT2D eigenvalue weighted by atomic mass is 32.1. The van der Waals surface area contributed by atoms with Crippen LogP contribution in [0, 0.1) is 12.7 Å². The molecule has 1 amide bonds. The molecule has 0 saturated carbocycles. The smallest absolute Gasteiger partial charge is 0.257 e. The molecule has 8 heteroatoms. The standard InChI is InChI=1S/C11H8FN5OS/c1-6-14-15-11-17(6)16-10(19-11)13-9(18)7-2-4-8(12)5-3-7/h2-5H,1H3,(H,13,16,18). The van der Waals surface area contributed by atoms with Gasteiger partial charge in [0.25, 0.3) is 5.91 Å². The minimum absolute atomic E-state index is 0.345. The highest BCUT2D eigenvalue weighted by Gasteiger charge is 2.12. The van der Waals surface area contributed by atoms with Gasteiger partial charge in [-0.25, -0.2) is 4.39 Å². The van der Waals surface area contributed by atoms with Crippen LogP contribution in [0.5, 0.6) is 0 Å². The van der Waals surface area contributed by atoms with Gasteiger partial charge in [-0.3, -0.25) is 10.1 Å². The SMILES string of the molecule is Cc1nnc2sc(NC(=O)c3ccc(F)cc3)nn12. The fraction of sp³-hybridized carbons (Fsp3) is 0.0909. The summed E-state index contributed by atoms with van der Waals surface area (Å²) >= 11 is 1.22. The van der Waals surface area contributed by atoms with Gasteiger partial charge in [0, 0.05) is 5.56 Å². The van der Waals surface area contributed by atoms with Crippen LogP contribution < -0.4 is 5.32 Å². The molecule has 0 aliphatic rings. The minimum Gasteiger partial charge on any atom is -0.296 e. The quantitative estimate of drug-likeness (QED) is 0.776. The summed E-state index contributed by atoms with van der Waals surface area (Å²) < 4.78 is 14.3. The van der Waals surface area contributed by atoms with Gasteiger partial charge < -0.3 is 0 Å². The van der Waals surface area contributed by atoms with Crippen LogP contribution >= 0.6 is 11.3 Å². The van der Waals surface area contributed by atoms with Crippen molar-refractivity contribution in [1.82, 2.24) is 19.8 Å². The number of aromatic nitrogens is 4. The normalized spacial score (nSPS) is 10.8. The molecule has 6 nitrogen and oxygen atoms in total. The number of halogens is 1. The Bertz CT molecular complexity index is 748. The number of amides is 1. The van der Waals surface area contributed by atoms with E-state index in [1.54, 1.807) is 11.4 Å². The summed E-state index contributed by atoms with van der Waals surface area (Å²) in [6, 6.07) is 5.29. The van der Waals surface area contributed by atoms with Crippen molar-refractivity contribution < 1.29 is 9.18 Å². The largest absolute Gasteiger partial charge is 0.296 e. The van der Waals surface area contributed by atoms with Gasteiger partial charge in [-0.2, -0.15) is 4.52 Å². The minimum atomic E-state index is -0.383. The van der Waals surface area contributed by atoms with Crippen LogP contribution in [0.3, 0.4) is 0 Å². The Morgan fingerprint density at radius 3 is 2.74 bits per heavy atom. The number of aryl methyl sites for hydroxylation is 1. The summed E-state index contributed by atoms with van der Waals surface area (Å²) in [4.78, 5) is 12.5. The topological polar surface area (TPSA) is 72.2 Å². The maximum Gasteiger partial charge on any atom is 0.257 e. The zero-order chi connectivity index (χ0) is 13.4. The molecular formula is C11H8FN5OS. The fourth-order valence-electron chi connectivity index (χ4n) is 1.54. The van der Waals surface area contributed by atoms with Crippen molar-refractivity contribution in [2.45, 2.75) is 6.92 Å². The van der Waals surface area contributed by atoms with Crippen molar-refractivity contribution in [2.75, 3.05) is 5.32 Å². The van der Waals surface area contributed by atoms with Crippen LogP contribution in [0.1, 0.15) is 16.2 Å². The van der Waals surface area contributed by atoms with Gasteiger partial charge in [0.05, 0.1) is 0 Å². The molecule has 0 saturated heterocycles. The van der Waals surface area contributed by atoms with Gasteiger partial charge in [-0.15, -0.1) is 15.3 Å². The van der Waals surface area contributed by atoms with Crippen LogP contribution in [0.4, 0.5) is 9.52 Å². The van der Waals surface area contributed by atoms with Gasteiger partial charge in [0.15, 0.2) is 5.82 Å². The number of anilines is 1. The van der Waals surface area contributed by atoms with Crippen molar-refractivity contribution in [1.29, 1.82) is 0 Å². The monoisotopic (exact) mass is 277 g/mol. The first-order valence-electron chi connectivity index (χ1n) is 5.39. The average Bonchev–Trinajstić information content (AvgIpc) is 2.93. The summed E-state index contributed by atoms with van der Waals surface area (Å²) in [5.41, 5.74) is 0.365. The first kappa shape index (κ1) is 11.7. The van der Waals surface area contributed by atoms with Gasteiger partial charge in [0.2, 0.25) is 10.1 Å². The number of carbonyl (C=O) groups excluding carboxylic acids is 1. The second kappa shape index (κ2) is 4.39. The molecule has 2 heterocycles. The lowest BCUT2D eigenvalue weighted by Gasteiger charge is -2.00. The molecular weight excluding hydrogens is 269 g/mol. The molecule has 3 rings (SSSR count). The molecule has 1 aromatic carbocycles. The Morgan fingerprint density at radius 1 is 1.32 bits per heavy atom. The van der Waals surface area contributed by atoms with Crippen LogP contribution in [0.25, 0.3) is 4.96 Å².